The van der Waals surface area contributed by atoms with Crippen LogP contribution in [0, 0.1) is 0 Å². The van der Waals surface area contributed by atoms with Crippen LogP contribution in [0.2, 0.25) is 5.02 Å². The molecule has 0 bridgehead atoms. The lowest BCUT2D eigenvalue weighted by Crippen LogP contribution is -2.28. The van der Waals surface area contributed by atoms with E-state index in [2.05, 4.69) is 15.8 Å². The highest BCUT2D eigenvalue weighted by atomic mass is 35.5. The zero-order chi connectivity index (χ0) is 22.6. The molecule has 2 N–H and O–H groups in total. The third-order valence-electron chi connectivity index (χ3n) is 4.14. The molecule has 0 atom stereocenters. The van der Waals surface area contributed by atoms with E-state index in [-0.39, 0.29) is 24.2 Å². The van der Waals surface area contributed by atoms with Crippen molar-refractivity contribution in [2.24, 2.45) is 5.10 Å². The Labute approximate surface area is 195 Å². The van der Waals surface area contributed by atoms with Crippen LogP contribution in [-0.2, 0) is 21.9 Å². The molecule has 0 spiro atoms. The fourth-order valence-corrected chi connectivity index (χ4v) is 3.63. The first-order chi connectivity index (χ1) is 15.6. The molecule has 0 saturated heterocycles. The molecule has 1 aromatic heterocycles. The van der Waals surface area contributed by atoms with Crippen LogP contribution in [0.4, 0.5) is 0 Å². The molecule has 0 unspecified atom stereocenters. The van der Waals surface area contributed by atoms with E-state index in [0.717, 1.165) is 11.1 Å². The predicted molar refractivity (Wildman–Crippen MR) is 126 cm³/mol. The summed E-state index contributed by atoms with van der Waals surface area (Å²) in [7, 11) is 0. The molecule has 0 aliphatic rings. The molecule has 0 saturated carbocycles. The number of hydrogen-bond acceptors (Lipinski definition) is 6. The molecule has 3 rings (SSSR count). The van der Waals surface area contributed by atoms with Crippen molar-refractivity contribution >= 4 is 41.4 Å². The van der Waals surface area contributed by atoms with Gasteiger partial charge in [-0.3, -0.25) is 9.59 Å². The highest BCUT2D eigenvalue weighted by Gasteiger charge is 2.05. The van der Waals surface area contributed by atoms with Crippen LogP contribution in [0.3, 0.4) is 0 Å². The number of carbonyl (C=O) groups excluding carboxylic acids is 2. The van der Waals surface area contributed by atoms with E-state index in [0.29, 0.717) is 28.8 Å². The third-order valence-corrected chi connectivity index (χ3v) is 5.49. The maximum absolute atomic E-state index is 11.9. The molecular formula is C23H22ClN3O4S. The van der Waals surface area contributed by atoms with Crippen LogP contribution in [0.15, 0.2) is 76.4 Å². The highest BCUT2D eigenvalue weighted by molar-refractivity contribution is 7.99. The zero-order valence-corrected chi connectivity index (χ0v) is 18.7. The number of hydrogen-bond donors (Lipinski definition) is 2. The highest BCUT2D eigenvalue weighted by Crippen LogP contribution is 2.20. The molecule has 0 radical (unpaired) electrons. The van der Waals surface area contributed by atoms with Gasteiger partial charge in [0.25, 0.3) is 5.91 Å². The van der Waals surface area contributed by atoms with Gasteiger partial charge in [-0.05, 0) is 53.6 Å². The van der Waals surface area contributed by atoms with E-state index in [1.165, 1.54) is 18.0 Å². The Morgan fingerprint density at radius 2 is 1.88 bits per heavy atom. The molecule has 0 aliphatic heterocycles. The van der Waals surface area contributed by atoms with E-state index in [9.17, 15) is 9.59 Å². The van der Waals surface area contributed by atoms with Gasteiger partial charge in [0.2, 0.25) is 5.91 Å². The lowest BCUT2D eigenvalue weighted by atomic mass is 10.2. The van der Waals surface area contributed by atoms with Crippen LogP contribution in [0.25, 0.3) is 0 Å². The van der Waals surface area contributed by atoms with Crippen molar-refractivity contribution in [3.05, 3.63) is 88.8 Å². The Hall–Kier alpha value is -3.23. The van der Waals surface area contributed by atoms with Gasteiger partial charge in [-0.25, -0.2) is 5.43 Å². The maximum atomic E-state index is 11.9. The van der Waals surface area contributed by atoms with E-state index in [4.69, 9.17) is 20.8 Å². The molecule has 0 fully saturated rings. The van der Waals surface area contributed by atoms with E-state index in [1.807, 2.05) is 24.3 Å². The Balaban J connectivity index is 1.33. The van der Waals surface area contributed by atoms with Crippen molar-refractivity contribution in [1.29, 1.82) is 0 Å². The van der Waals surface area contributed by atoms with Gasteiger partial charge in [0.15, 0.2) is 6.61 Å². The number of nitrogens with one attached hydrogen (secondary N) is 2. The van der Waals surface area contributed by atoms with Gasteiger partial charge in [-0.2, -0.15) is 5.10 Å². The summed E-state index contributed by atoms with van der Waals surface area (Å²) in [6.07, 6.45) is 3.09. The monoisotopic (exact) mass is 471 g/mol. The molecule has 1 heterocycles. The maximum Gasteiger partial charge on any atom is 0.258 e. The standard InChI is InChI=1S/C23H22ClN3O4S/c24-21-6-2-1-4-18(21)15-32-16-23(29)27-26-12-17-7-9-19(10-8-17)31-14-22(28)25-13-20-5-3-11-30-20/h1-12H,13-16H2,(H,25,28)(H,27,29)/b26-12-. The van der Waals surface area contributed by atoms with Crippen LogP contribution >= 0.6 is 23.4 Å². The molecule has 9 heteroatoms. The quantitative estimate of drug-likeness (QED) is 0.325. The van der Waals surface area contributed by atoms with Crippen molar-refractivity contribution in [2.75, 3.05) is 12.4 Å². The van der Waals surface area contributed by atoms with Crippen LogP contribution in [0.5, 0.6) is 5.75 Å². The van der Waals surface area contributed by atoms with E-state index >= 15 is 0 Å². The lowest BCUT2D eigenvalue weighted by molar-refractivity contribution is -0.123. The molecule has 3 aromatic rings. The van der Waals surface area contributed by atoms with Gasteiger partial charge < -0.3 is 14.5 Å². The van der Waals surface area contributed by atoms with Crippen LogP contribution < -0.4 is 15.5 Å². The summed E-state index contributed by atoms with van der Waals surface area (Å²) in [6, 6.07) is 18.1. The number of rotatable bonds is 11. The number of benzene rings is 2. The number of amides is 2. The van der Waals surface area contributed by atoms with Crippen LogP contribution in [-0.4, -0.2) is 30.4 Å². The summed E-state index contributed by atoms with van der Waals surface area (Å²) in [5.74, 6) is 1.71. The minimum absolute atomic E-state index is 0.101. The van der Waals surface area contributed by atoms with Gasteiger partial charge in [-0.1, -0.05) is 29.8 Å². The Kier molecular flexibility index (Phi) is 9.21. The van der Waals surface area contributed by atoms with Gasteiger partial charge in [0.05, 0.1) is 24.8 Å². The number of hydrazone groups is 1. The van der Waals surface area contributed by atoms with Gasteiger partial charge in [-0.15, -0.1) is 11.8 Å². The first-order valence-corrected chi connectivity index (χ1v) is 11.3. The summed E-state index contributed by atoms with van der Waals surface area (Å²) in [5.41, 5.74) is 4.27. The largest absolute Gasteiger partial charge is 0.484 e. The third kappa shape index (κ3) is 8.13. The van der Waals surface area contributed by atoms with Crippen molar-refractivity contribution < 1.29 is 18.7 Å². The SMILES string of the molecule is O=C(COc1ccc(/C=N\NC(=O)CSCc2ccccc2Cl)cc1)NCc1ccco1. The number of carbonyl (C=O) groups is 2. The van der Waals surface area contributed by atoms with E-state index in [1.54, 1.807) is 42.7 Å². The molecule has 166 valence electrons. The van der Waals surface area contributed by atoms with Crippen molar-refractivity contribution in [1.82, 2.24) is 10.7 Å². The molecule has 2 aromatic carbocycles. The van der Waals surface area contributed by atoms with Crippen LogP contribution in [0.1, 0.15) is 16.9 Å². The number of ether oxygens (including phenoxy) is 1. The Morgan fingerprint density at radius 1 is 1.06 bits per heavy atom. The first-order valence-electron chi connectivity index (χ1n) is 9.75. The summed E-state index contributed by atoms with van der Waals surface area (Å²) < 4.78 is 10.6. The molecule has 32 heavy (non-hydrogen) atoms. The summed E-state index contributed by atoms with van der Waals surface area (Å²) in [5, 5.41) is 7.36. The van der Waals surface area contributed by atoms with Crippen molar-refractivity contribution in [3.8, 4) is 5.75 Å². The zero-order valence-electron chi connectivity index (χ0n) is 17.1. The van der Waals surface area contributed by atoms with E-state index < -0.39 is 0 Å². The van der Waals surface area contributed by atoms with Gasteiger partial charge in [0, 0.05) is 10.8 Å². The smallest absolute Gasteiger partial charge is 0.258 e. The fraction of sp³-hybridized carbons (Fsp3) is 0.174. The average molecular weight is 472 g/mol. The molecule has 2 amide bonds. The van der Waals surface area contributed by atoms with Gasteiger partial charge in [0.1, 0.15) is 11.5 Å². The topological polar surface area (TPSA) is 92.9 Å². The molecule has 7 nitrogen and oxygen atoms in total. The summed E-state index contributed by atoms with van der Waals surface area (Å²) in [6.45, 7) is 0.213. The van der Waals surface area contributed by atoms with Crippen molar-refractivity contribution in [3.63, 3.8) is 0 Å². The van der Waals surface area contributed by atoms with Crippen molar-refractivity contribution in [2.45, 2.75) is 12.3 Å². The number of thioether (sulfide) groups is 1. The fourth-order valence-electron chi connectivity index (χ4n) is 2.53. The summed E-state index contributed by atoms with van der Waals surface area (Å²) >= 11 is 7.56. The molecular weight excluding hydrogens is 450 g/mol. The second-order valence-electron chi connectivity index (χ2n) is 6.59. The number of furan rings is 1. The summed E-state index contributed by atoms with van der Waals surface area (Å²) in [4.78, 5) is 23.7. The Morgan fingerprint density at radius 3 is 2.62 bits per heavy atom. The Bertz CT molecular complexity index is 1040. The number of nitrogens with zero attached hydrogens (tertiary/aromatic N) is 1. The predicted octanol–water partition coefficient (Wildman–Crippen LogP) is 4.01. The van der Waals surface area contributed by atoms with Gasteiger partial charge >= 0.3 is 0 Å². The average Bonchev–Trinajstić information content (AvgIpc) is 3.32. The normalized spacial score (nSPS) is 10.8. The first kappa shape index (κ1) is 23.4. The minimum atomic E-state index is -0.248. The molecule has 0 aliphatic carbocycles. The minimum Gasteiger partial charge on any atom is -0.484 e. The second kappa shape index (κ2) is 12.6. The number of halogens is 1. The second-order valence-corrected chi connectivity index (χ2v) is 7.98. The lowest BCUT2D eigenvalue weighted by Gasteiger charge is -2.07.